The van der Waals surface area contributed by atoms with Crippen LogP contribution in [0.4, 0.5) is 0 Å². The van der Waals surface area contributed by atoms with Crippen molar-refractivity contribution < 1.29 is 0 Å². The SMILES string of the molecule is Cc1cc(CNC2CCCCC2C#N)sc1C. The summed E-state index contributed by atoms with van der Waals surface area (Å²) in [5.41, 5.74) is 1.38. The van der Waals surface area contributed by atoms with Crippen LogP contribution in [0, 0.1) is 31.1 Å². The van der Waals surface area contributed by atoms with Crippen LogP contribution in [0.5, 0.6) is 0 Å². The number of hydrogen-bond donors (Lipinski definition) is 1. The van der Waals surface area contributed by atoms with Gasteiger partial charge in [0.25, 0.3) is 0 Å². The van der Waals surface area contributed by atoms with Gasteiger partial charge in [-0.05, 0) is 38.3 Å². The van der Waals surface area contributed by atoms with Gasteiger partial charge in [-0.3, -0.25) is 0 Å². The van der Waals surface area contributed by atoms with Gasteiger partial charge >= 0.3 is 0 Å². The van der Waals surface area contributed by atoms with Crippen LogP contribution >= 0.6 is 11.3 Å². The molecule has 0 aliphatic heterocycles. The third kappa shape index (κ3) is 3.08. The standard InChI is InChI=1S/C14H20N2S/c1-10-7-13(17-11(10)2)9-16-14-6-4-3-5-12(14)8-15/h7,12,14,16H,3-6,9H2,1-2H3. The molecule has 1 aromatic rings. The summed E-state index contributed by atoms with van der Waals surface area (Å²) in [6, 6.07) is 5.11. The van der Waals surface area contributed by atoms with Gasteiger partial charge in [0.15, 0.2) is 0 Å². The fourth-order valence-electron chi connectivity index (χ4n) is 2.50. The molecule has 0 amide bonds. The fourth-order valence-corrected chi connectivity index (χ4v) is 3.50. The van der Waals surface area contributed by atoms with E-state index in [0.717, 1.165) is 19.4 Å². The molecule has 1 fully saturated rings. The summed E-state index contributed by atoms with van der Waals surface area (Å²) < 4.78 is 0. The monoisotopic (exact) mass is 248 g/mol. The number of nitrogens with zero attached hydrogens (tertiary/aromatic N) is 1. The largest absolute Gasteiger partial charge is 0.308 e. The third-order valence-electron chi connectivity index (χ3n) is 3.69. The lowest BCUT2D eigenvalue weighted by molar-refractivity contribution is 0.312. The molecule has 1 heterocycles. The molecule has 0 aromatic carbocycles. The molecule has 0 spiro atoms. The van der Waals surface area contributed by atoms with E-state index in [1.54, 1.807) is 0 Å². The molecule has 2 unspecified atom stereocenters. The Labute approximate surface area is 108 Å². The van der Waals surface area contributed by atoms with Crippen molar-refractivity contribution >= 4 is 11.3 Å². The summed E-state index contributed by atoms with van der Waals surface area (Å²) in [5.74, 6) is 0.214. The lowest BCUT2D eigenvalue weighted by Crippen LogP contribution is -2.37. The maximum Gasteiger partial charge on any atom is 0.0672 e. The number of rotatable bonds is 3. The van der Waals surface area contributed by atoms with Gasteiger partial charge in [-0.2, -0.15) is 5.26 Å². The summed E-state index contributed by atoms with van der Waals surface area (Å²) >= 11 is 1.87. The van der Waals surface area contributed by atoms with Gasteiger partial charge in [0.2, 0.25) is 0 Å². The molecule has 0 saturated heterocycles. The Morgan fingerprint density at radius 2 is 2.18 bits per heavy atom. The van der Waals surface area contributed by atoms with Gasteiger partial charge in [-0.1, -0.05) is 12.8 Å². The van der Waals surface area contributed by atoms with Gasteiger partial charge in [-0.15, -0.1) is 11.3 Å². The molecule has 1 aromatic heterocycles. The highest BCUT2D eigenvalue weighted by Crippen LogP contribution is 2.25. The van der Waals surface area contributed by atoms with Gasteiger partial charge in [0, 0.05) is 22.3 Å². The molecule has 1 aliphatic carbocycles. The highest BCUT2D eigenvalue weighted by molar-refractivity contribution is 7.12. The molecule has 17 heavy (non-hydrogen) atoms. The molecule has 1 saturated carbocycles. The second-order valence-corrected chi connectivity index (χ2v) is 6.30. The predicted octanol–water partition coefficient (Wildman–Crippen LogP) is 3.54. The number of nitrogens with one attached hydrogen (secondary N) is 1. The highest BCUT2D eigenvalue weighted by Gasteiger charge is 2.24. The number of thiophene rings is 1. The topological polar surface area (TPSA) is 35.8 Å². The first-order chi connectivity index (χ1) is 8.20. The minimum Gasteiger partial charge on any atom is -0.308 e. The summed E-state index contributed by atoms with van der Waals surface area (Å²) in [7, 11) is 0. The van der Waals surface area contributed by atoms with E-state index in [0.29, 0.717) is 6.04 Å². The minimum atomic E-state index is 0.214. The first kappa shape index (κ1) is 12.6. The quantitative estimate of drug-likeness (QED) is 0.888. The van der Waals surface area contributed by atoms with Crippen molar-refractivity contribution in [3.8, 4) is 6.07 Å². The molecular weight excluding hydrogens is 228 g/mol. The van der Waals surface area contributed by atoms with Gasteiger partial charge in [0.1, 0.15) is 0 Å². The second-order valence-electron chi connectivity index (χ2n) is 4.96. The Balaban J connectivity index is 1.90. The van der Waals surface area contributed by atoms with Crippen LogP contribution in [-0.4, -0.2) is 6.04 Å². The Morgan fingerprint density at radius 3 is 2.82 bits per heavy atom. The van der Waals surface area contributed by atoms with E-state index in [9.17, 15) is 0 Å². The van der Waals surface area contributed by atoms with Crippen LogP contribution in [0.25, 0.3) is 0 Å². The molecule has 2 atom stereocenters. The summed E-state index contributed by atoms with van der Waals surface area (Å²) in [4.78, 5) is 2.80. The van der Waals surface area contributed by atoms with Crippen LogP contribution in [0.2, 0.25) is 0 Å². The third-order valence-corrected chi connectivity index (χ3v) is 4.84. The average molecular weight is 248 g/mol. The van der Waals surface area contributed by atoms with Crippen LogP contribution in [0.3, 0.4) is 0 Å². The minimum absolute atomic E-state index is 0.214. The van der Waals surface area contributed by atoms with Crippen molar-refractivity contribution in [3.05, 3.63) is 21.4 Å². The normalized spacial score (nSPS) is 24.5. The van der Waals surface area contributed by atoms with E-state index in [1.165, 1.54) is 28.2 Å². The van der Waals surface area contributed by atoms with E-state index >= 15 is 0 Å². The highest BCUT2D eigenvalue weighted by atomic mass is 32.1. The Hall–Kier alpha value is -0.850. The lowest BCUT2D eigenvalue weighted by atomic mass is 9.85. The van der Waals surface area contributed by atoms with E-state index in [1.807, 2.05) is 11.3 Å². The van der Waals surface area contributed by atoms with E-state index < -0.39 is 0 Å². The van der Waals surface area contributed by atoms with Crippen molar-refractivity contribution in [2.75, 3.05) is 0 Å². The molecule has 2 nitrogen and oxygen atoms in total. The number of nitriles is 1. The first-order valence-electron chi connectivity index (χ1n) is 6.39. The van der Waals surface area contributed by atoms with Crippen molar-refractivity contribution in [2.24, 2.45) is 5.92 Å². The smallest absolute Gasteiger partial charge is 0.0672 e. The van der Waals surface area contributed by atoms with Gasteiger partial charge < -0.3 is 5.32 Å². The molecule has 92 valence electrons. The molecule has 1 aliphatic rings. The van der Waals surface area contributed by atoms with Crippen LogP contribution in [0.15, 0.2) is 6.07 Å². The van der Waals surface area contributed by atoms with Crippen LogP contribution in [0.1, 0.15) is 41.0 Å². The zero-order valence-corrected chi connectivity index (χ0v) is 11.4. The van der Waals surface area contributed by atoms with Crippen molar-refractivity contribution in [1.82, 2.24) is 5.32 Å². The molecule has 2 rings (SSSR count). The lowest BCUT2D eigenvalue weighted by Gasteiger charge is -2.27. The van der Waals surface area contributed by atoms with Gasteiger partial charge in [0.05, 0.1) is 12.0 Å². The molecular formula is C14H20N2S. The van der Waals surface area contributed by atoms with Crippen LogP contribution in [-0.2, 0) is 6.54 Å². The zero-order valence-electron chi connectivity index (χ0n) is 10.6. The molecule has 3 heteroatoms. The molecule has 0 radical (unpaired) electrons. The van der Waals surface area contributed by atoms with Crippen LogP contribution < -0.4 is 5.32 Å². The number of aryl methyl sites for hydroxylation is 2. The Kier molecular flexibility index (Phi) is 4.20. The van der Waals surface area contributed by atoms with E-state index in [-0.39, 0.29) is 5.92 Å². The predicted molar refractivity (Wildman–Crippen MR) is 72.0 cm³/mol. The maximum absolute atomic E-state index is 9.12. The first-order valence-corrected chi connectivity index (χ1v) is 7.21. The number of hydrogen-bond acceptors (Lipinski definition) is 3. The second kappa shape index (κ2) is 5.66. The fraction of sp³-hybridized carbons (Fsp3) is 0.643. The van der Waals surface area contributed by atoms with Crippen molar-refractivity contribution in [3.63, 3.8) is 0 Å². The van der Waals surface area contributed by atoms with Crippen molar-refractivity contribution in [1.29, 1.82) is 5.26 Å². The zero-order chi connectivity index (χ0) is 12.3. The van der Waals surface area contributed by atoms with Gasteiger partial charge in [-0.25, -0.2) is 0 Å². The van der Waals surface area contributed by atoms with E-state index in [2.05, 4.69) is 31.3 Å². The molecule has 1 N–H and O–H groups in total. The van der Waals surface area contributed by atoms with E-state index in [4.69, 9.17) is 5.26 Å². The summed E-state index contributed by atoms with van der Waals surface area (Å²) in [5, 5.41) is 12.7. The average Bonchev–Trinajstić information content (AvgIpc) is 2.66. The maximum atomic E-state index is 9.12. The Bertz CT molecular complexity index is 397. The molecule has 0 bridgehead atoms. The summed E-state index contributed by atoms with van der Waals surface area (Å²) in [6.07, 6.45) is 4.70. The Morgan fingerprint density at radius 1 is 1.41 bits per heavy atom. The van der Waals surface area contributed by atoms with Crippen molar-refractivity contribution in [2.45, 2.75) is 52.1 Å². The summed E-state index contributed by atoms with van der Waals surface area (Å²) in [6.45, 7) is 5.25.